The van der Waals surface area contributed by atoms with Crippen LogP contribution in [0.2, 0.25) is 0 Å². The number of amides is 1. The molecular weight excluding hydrogens is 218 g/mol. The van der Waals surface area contributed by atoms with Crippen molar-refractivity contribution in [3.8, 4) is 0 Å². The fourth-order valence-electron chi connectivity index (χ4n) is 1.94. The summed E-state index contributed by atoms with van der Waals surface area (Å²) in [7, 11) is 0. The Hall–Kier alpha value is -1.66. The molecule has 1 saturated heterocycles. The van der Waals surface area contributed by atoms with Gasteiger partial charge >= 0.3 is 0 Å². The van der Waals surface area contributed by atoms with Crippen molar-refractivity contribution in [3.05, 3.63) is 23.9 Å². The molecule has 4 N–H and O–H groups in total. The second-order valence-electron chi connectivity index (χ2n) is 4.07. The van der Waals surface area contributed by atoms with Crippen molar-refractivity contribution in [2.24, 2.45) is 5.84 Å². The molecule has 1 aliphatic rings. The van der Waals surface area contributed by atoms with Crippen LogP contribution in [0.15, 0.2) is 18.3 Å². The molecule has 1 amide bonds. The molecule has 0 bridgehead atoms. The maximum atomic E-state index is 11.4. The highest BCUT2D eigenvalue weighted by Gasteiger charge is 2.15. The second kappa shape index (κ2) is 5.60. The van der Waals surface area contributed by atoms with Crippen LogP contribution in [-0.4, -0.2) is 35.4 Å². The van der Waals surface area contributed by atoms with E-state index in [9.17, 15) is 4.79 Å². The highest BCUT2D eigenvalue weighted by Crippen LogP contribution is 2.13. The van der Waals surface area contributed by atoms with E-state index in [0.717, 1.165) is 25.1 Å². The Balaban J connectivity index is 2.06. The van der Waals surface area contributed by atoms with E-state index in [1.165, 1.54) is 0 Å². The number of aromatic nitrogens is 1. The van der Waals surface area contributed by atoms with E-state index in [-0.39, 0.29) is 5.91 Å². The van der Waals surface area contributed by atoms with Crippen molar-refractivity contribution in [2.75, 3.05) is 25.1 Å². The molecule has 17 heavy (non-hydrogen) atoms. The van der Waals surface area contributed by atoms with Gasteiger partial charge in [0.15, 0.2) is 0 Å². The van der Waals surface area contributed by atoms with E-state index in [1.807, 2.05) is 12.1 Å². The Morgan fingerprint density at radius 2 is 2.47 bits per heavy atom. The number of nitrogens with two attached hydrogens (primary N) is 1. The van der Waals surface area contributed by atoms with Gasteiger partial charge in [0, 0.05) is 31.4 Å². The molecule has 6 heteroatoms. The fourth-order valence-corrected chi connectivity index (χ4v) is 1.94. The molecule has 2 heterocycles. The van der Waals surface area contributed by atoms with Gasteiger partial charge in [0.25, 0.3) is 0 Å². The molecular formula is C11H17N5O. The number of hydrogen-bond donors (Lipinski definition) is 3. The SMILES string of the molecule is NNc1ncccc1CN1CCCNC(=O)C1. The summed E-state index contributed by atoms with van der Waals surface area (Å²) in [6, 6.07) is 3.83. The van der Waals surface area contributed by atoms with Crippen molar-refractivity contribution in [3.63, 3.8) is 0 Å². The molecule has 1 aromatic rings. The minimum atomic E-state index is 0.0775. The summed E-state index contributed by atoms with van der Waals surface area (Å²) < 4.78 is 0. The molecule has 0 aromatic carbocycles. The predicted molar refractivity (Wildman–Crippen MR) is 65.0 cm³/mol. The van der Waals surface area contributed by atoms with Crippen LogP contribution in [-0.2, 0) is 11.3 Å². The highest BCUT2D eigenvalue weighted by atomic mass is 16.2. The normalized spacial score (nSPS) is 17.4. The van der Waals surface area contributed by atoms with Gasteiger partial charge in [-0.2, -0.15) is 0 Å². The average molecular weight is 235 g/mol. The molecule has 2 rings (SSSR count). The quantitative estimate of drug-likeness (QED) is 0.494. The number of nitrogen functional groups attached to an aromatic ring is 1. The summed E-state index contributed by atoms with van der Waals surface area (Å²) in [6.45, 7) is 2.77. The fraction of sp³-hybridized carbons (Fsp3) is 0.455. The monoisotopic (exact) mass is 235 g/mol. The second-order valence-corrected chi connectivity index (χ2v) is 4.07. The Bertz CT molecular complexity index is 395. The topological polar surface area (TPSA) is 83.3 Å². The maximum absolute atomic E-state index is 11.4. The largest absolute Gasteiger partial charge is 0.355 e. The molecule has 0 atom stereocenters. The first-order chi connectivity index (χ1) is 8.29. The number of nitrogens with one attached hydrogen (secondary N) is 2. The van der Waals surface area contributed by atoms with Gasteiger partial charge in [-0.25, -0.2) is 10.8 Å². The molecule has 0 unspecified atom stereocenters. The number of carbonyl (C=O) groups is 1. The third-order valence-electron chi connectivity index (χ3n) is 2.76. The third-order valence-corrected chi connectivity index (χ3v) is 2.76. The summed E-state index contributed by atoms with van der Waals surface area (Å²) in [6.07, 6.45) is 2.66. The zero-order valence-electron chi connectivity index (χ0n) is 9.65. The molecule has 1 aromatic heterocycles. The lowest BCUT2D eigenvalue weighted by atomic mass is 10.2. The molecule has 0 radical (unpaired) electrons. The molecule has 0 spiro atoms. The summed E-state index contributed by atoms with van der Waals surface area (Å²) in [5, 5.41) is 2.85. The first kappa shape index (κ1) is 11.8. The number of anilines is 1. The Kier molecular flexibility index (Phi) is 3.89. The molecule has 6 nitrogen and oxygen atoms in total. The predicted octanol–water partition coefficient (Wildman–Crippen LogP) is -0.311. The zero-order chi connectivity index (χ0) is 12.1. The van der Waals surface area contributed by atoms with E-state index in [4.69, 9.17) is 5.84 Å². The van der Waals surface area contributed by atoms with Crippen LogP contribution in [0.5, 0.6) is 0 Å². The number of nitrogens with zero attached hydrogens (tertiary/aromatic N) is 2. The molecule has 1 fully saturated rings. The molecule has 0 aliphatic carbocycles. The van der Waals surface area contributed by atoms with Crippen LogP contribution in [0.3, 0.4) is 0 Å². The molecule has 1 aliphatic heterocycles. The number of hydrazine groups is 1. The number of carbonyl (C=O) groups excluding carboxylic acids is 1. The van der Waals surface area contributed by atoms with Gasteiger partial charge in [-0.15, -0.1) is 0 Å². The summed E-state index contributed by atoms with van der Waals surface area (Å²) in [4.78, 5) is 17.7. The Morgan fingerprint density at radius 1 is 1.59 bits per heavy atom. The first-order valence-electron chi connectivity index (χ1n) is 5.69. The first-order valence-corrected chi connectivity index (χ1v) is 5.69. The Labute approximate surface area is 100 Å². The highest BCUT2D eigenvalue weighted by molar-refractivity contribution is 5.78. The van der Waals surface area contributed by atoms with Crippen LogP contribution in [0, 0.1) is 0 Å². The van der Waals surface area contributed by atoms with E-state index < -0.39 is 0 Å². The zero-order valence-corrected chi connectivity index (χ0v) is 9.65. The van der Waals surface area contributed by atoms with Crippen LogP contribution < -0.4 is 16.6 Å². The summed E-state index contributed by atoms with van der Waals surface area (Å²) >= 11 is 0. The van der Waals surface area contributed by atoms with Crippen molar-refractivity contribution in [2.45, 2.75) is 13.0 Å². The number of pyridine rings is 1. The van der Waals surface area contributed by atoms with Gasteiger partial charge in [-0.05, 0) is 12.5 Å². The lowest BCUT2D eigenvalue weighted by Crippen LogP contribution is -2.33. The van der Waals surface area contributed by atoms with Gasteiger partial charge in [0.05, 0.1) is 6.54 Å². The van der Waals surface area contributed by atoms with E-state index in [2.05, 4.69) is 20.6 Å². The van der Waals surface area contributed by atoms with Crippen molar-refractivity contribution in [1.29, 1.82) is 0 Å². The number of hydrogen-bond acceptors (Lipinski definition) is 5. The minimum Gasteiger partial charge on any atom is -0.355 e. The van der Waals surface area contributed by atoms with Crippen LogP contribution >= 0.6 is 0 Å². The van der Waals surface area contributed by atoms with E-state index >= 15 is 0 Å². The van der Waals surface area contributed by atoms with Gasteiger partial charge in [-0.1, -0.05) is 6.07 Å². The van der Waals surface area contributed by atoms with Crippen molar-refractivity contribution in [1.82, 2.24) is 15.2 Å². The van der Waals surface area contributed by atoms with E-state index in [0.29, 0.717) is 18.9 Å². The van der Waals surface area contributed by atoms with Crippen molar-refractivity contribution >= 4 is 11.7 Å². The van der Waals surface area contributed by atoms with Gasteiger partial charge in [0.2, 0.25) is 5.91 Å². The lowest BCUT2D eigenvalue weighted by molar-refractivity contribution is -0.121. The lowest BCUT2D eigenvalue weighted by Gasteiger charge is -2.19. The van der Waals surface area contributed by atoms with Gasteiger partial charge < -0.3 is 10.7 Å². The van der Waals surface area contributed by atoms with E-state index in [1.54, 1.807) is 6.20 Å². The van der Waals surface area contributed by atoms with Gasteiger partial charge in [-0.3, -0.25) is 9.69 Å². The third kappa shape index (κ3) is 3.15. The van der Waals surface area contributed by atoms with Gasteiger partial charge in [0.1, 0.15) is 5.82 Å². The van der Waals surface area contributed by atoms with Crippen LogP contribution in [0.4, 0.5) is 5.82 Å². The molecule has 92 valence electrons. The van der Waals surface area contributed by atoms with Crippen molar-refractivity contribution < 1.29 is 4.79 Å². The standard InChI is InChI=1S/C11H17N5O/c12-15-11-9(3-1-4-14-11)7-16-6-2-5-13-10(17)8-16/h1,3-4H,2,5-8,12H2,(H,13,17)(H,14,15). The number of rotatable bonds is 3. The Morgan fingerprint density at radius 3 is 3.29 bits per heavy atom. The average Bonchev–Trinajstić information content (AvgIpc) is 2.54. The summed E-state index contributed by atoms with van der Waals surface area (Å²) in [5.41, 5.74) is 3.58. The smallest absolute Gasteiger partial charge is 0.234 e. The minimum absolute atomic E-state index is 0.0775. The summed E-state index contributed by atoms with van der Waals surface area (Å²) in [5.74, 6) is 6.15. The molecule has 0 saturated carbocycles. The van der Waals surface area contributed by atoms with Crippen LogP contribution in [0.1, 0.15) is 12.0 Å². The van der Waals surface area contributed by atoms with Crippen LogP contribution in [0.25, 0.3) is 0 Å². The maximum Gasteiger partial charge on any atom is 0.234 e.